The number of carbonyl (C=O) groups excluding carboxylic acids is 4. The molecule has 0 saturated carbocycles. The summed E-state index contributed by atoms with van der Waals surface area (Å²) in [5.74, 6) is -3.80. The standard InChI is InChI=1S/C30H32N4O8.Na/c31-27(32)33-18-10-17-30(25(35)36,26(37)40-19-22-11-4-1-5-12-22)34(28(38)41-20-23-13-6-2-7-14-23)29(39)42-21-24-15-8-3-9-16-24;/h1-9,11-16H,10,17-21H2,(H,35,36)(H4,31,32,33);/q;+1/p-1/t30-;/m0./s1. The Morgan fingerprint density at radius 3 is 1.47 bits per heavy atom. The van der Waals surface area contributed by atoms with Gasteiger partial charge in [0.15, 0.2) is 11.5 Å². The maximum atomic E-state index is 13.6. The average Bonchev–Trinajstić information content (AvgIpc) is 3.00. The first-order valence-electron chi connectivity index (χ1n) is 12.9. The second-order valence-electron chi connectivity index (χ2n) is 9.04. The van der Waals surface area contributed by atoms with Crippen molar-refractivity contribution in [2.45, 2.75) is 38.2 Å². The van der Waals surface area contributed by atoms with Gasteiger partial charge >= 0.3 is 47.7 Å². The number of nitrogens with two attached hydrogens (primary N) is 2. The number of nitrogens with zero attached hydrogens (tertiary/aromatic N) is 2. The number of hydrogen-bond acceptors (Lipinski definition) is 9. The zero-order valence-electron chi connectivity index (χ0n) is 23.7. The van der Waals surface area contributed by atoms with Gasteiger partial charge < -0.3 is 35.6 Å². The van der Waals surface area contributed by atoms with E-state index in [1.54, 1.807) is 91.0 Å². The van der Waals surface area contributed by atoms with E-state index in [0.29, 0.717) is 16.7 Å². The predicted octanol–water partition coefficient (Wildman–Crippen LogP) is -0.748. The van der Waals surface area contributed by atoms with Crippen molar-refractivity contribution in [1.29, 1.82) is 0 Å². The minimum atomic E-state index is -2.99. The minimum Gasteiger partial charge on any atom is -0.547 e. The van der Waals surface area contributed by atoms with Crippen molar-refractivity contribution in [2.24, 2.45) is 16.5 Å². The van der Waals surface area contributed by atoms with Crippen LogP contribution in [0.2, 0.25) is 0 Å². The van der Waals surface area contributed by atoms with E-state index in [4.69, 9.17) is 25.7 Å². The zero-order chi connectivity index (χ0) is 30.4. The van der Waals surface area contributed by atoms with Crippen LogP contribution < -0.4 is 46.1 Å². The van der Waals surface area contributed by atoms with Crippen LogP contribution in [0.25, 0.3) is 0 Å². The zero-order valence-corrected chi connectivity index (χ0v) is 25.7. The third-order valence-corrected chi connectivity index (χ3v) is 6.04. The first-order valence-corrected chi connectivity index (χ1v) is 12.9. The van der Waals surface area contributed by atoms with Gasteiger partial charge in [0.25, 0.3) is 0 Å². The van der Waals surface area contributed by atoms with Crippen molar-refractivity contribution in [2.75, 3.05) is 6.54 Å². The number of guanidine groups is 1. The minimum absolute atomic E-state index is 0. The van der Waals surface area contributed by atoms with E-state index in [1.807, 2.05) is 0 Å². The van der Waals surface area contributed by atoms with Crippen LogP contribution >= 0.6 is 0 Å². The molecule has 3 rings (SSSR count). The summed E-state index contributed by atoms with van der Waals surface area (Å²) in [6.45, 7) is -1.15. The Hall–Kier alpha value is -4.39. The maximum absolute atomic E-state index is 13.6. The SMILES string of the molecule is NC(N)=NCCC[C@](C(=O)[O-])(C(=O)OCc1ccccc1)N(C(=O)OCc1ccccc1)C(=O)OCc1ccccc1.[Na+]. The van der Waals surface area contributed by atoms with Gasteiger partial charge in [-0.2, -0.15) is 4.90 Å². The summed E-state index contributed by atoms with van der Waals surface area (Å²) in [7, 11) is 0. The van der Waals surface area contributed by atoms with Gasteiger partial charge in [0.05, 0.1) is 5.97 Å². The van der Waals surface area contributed by atoms with Gasteiger partial charge in [-0.25, -0.2) is 14.4 Å². The number of imide groups is 1. The quantitative estimate of drug-likeness (QED) is 0.0482. The van der Waals surface area contributed by atoms with Crippen molar-refractivity contribution < 1.29 is 68.1 Å². The van der Waals surface area contributed by atoms with E-state index in [9.17, 15) is 24.3 Å². The molecule has 2 amide bonds. The van der Waals surface area contributed by atoms with Crippen LogP contribution in [-0.2, 0) is 43.6 Å². The molecular formula is C30H31N4NaO8. The molecule has 12 nitrogen and oxygen atoms in total. The molecule has 0 spiro atoms. The number of amides is 2. The molecule has 3 aromatic rings. The molecule has 3 aromatic carbocycles. The number of esters is 1. The van der Waals surface area contributed by atoms with Crippen LogP contribution in [0.4, 0.5) is 9.59 Å². The molecule has 0 unspecified atom stereocenters. The van der Waals surface area contributed by atoms with Crippen LogP contribution in [0.1, 0.15) is 29.5 Å². The van der Waals surface area contributed by atoms with Crippen molar-refractivity contribution >= 4 is 30.1 Å². The summed E-state index contributed by atoms with van der Waals surface area (Å²) in [5, 5.41) is 12.8. The molecule has 13 heteroatoms. The molecule has 0 fully saturated rings. The van der Waals surface area contributed by atoms with Gasteiger partial charge in [-0.3, -0.25) is 4.99 Å². The van der Waals surface area contributed by atoms with Gasteiger partial charge in [0, 0.05) is 6.54 Å². The Morgan fingerprint density at radius 1 is 0.698 bits per heavy atom. The Balaban J connectivity index is 0.00000645. The Bertz CT molecular complexity index is 1320. The van der Waals surface area contributed by atoms with E-state index in [-0.39, 0.29) is 73.2 Å². The first kappa shape index (κ1) is 34.8. The molecule has 4 N–H and O–H groups in total. The number of hydrogen-bond donors (Lipinski definition) is 2. The van der Waals surface area contributed by atoms with Crippen LogP contribution in [0, 0.1) is 0 Å². The van der Waals surface area contributed by atoms with Crippen molar-refractivity contribution in [1.82, 2.24) is 4.90 Å². The van der Waals surface area contributed by atoms with Gasteiger partial charge in [-0.05, 0) is 29.5 Å². The first-order chi connectivity index (χ1) is 20.2. The fraction of sp³-hybridized carbons (Fsp3) is 0.233. The molecule has 220 valence electrons. The Kier molecular flexibility index (Phi) is 14.2. The van der Waals surface area contributed by atoms with E-state index in [1.165, 1.54) is 0 Å². The number of carboxylic acid groups (broad SMARTS) is 1. The fourth-order valence-electron chi connectivity index (χ4n) is 3.92. The molecule has 0 radical (unpaired) electrons. The van der Waals surface area contributed by atoms with E-state index < -0.39 is 36.1 Å². The van der Waals surface area contributed by atoms with Crippen LogP contribution in [0.5, 0.6) is 0 Å². The molecular weight excluding hydrogens is 567 g/mol. The number of aliphatic carboxylic acids is 1. The molecule has 0 heterocycles. The van der Waals surface area contributed by atoms with Gasteiger partial charge in [-0.15, -0.1) is 0 Å². The van der Waals surface area contributed by atoms with Crippen LogP contribution in [0.15, 0.2) is 96.0 Å². The second kappa shape index (κ2) is 17.5. The number of rotatable bonds is 13. The van der Waals surface area contributed by atoms with Crippen molar-refractivity contribution in [3.63, 3.8) is 0 Å². The molecule has 1 atom stereocenters. The van der Waals surface area contributed by atoms with Gasteiger partial charge in [0.1, 0.15) is 19.8 Å². The molecule has 0 aliphatic heterocycles. The summed E-state index contributed by atoms with van der Waals surface area (Å²) in [6.07, 6.45) is -3.75. The summed E-state index contributed by atoms with van der Waals surface area (Å²) >= 11 is 0. The largest absolute Gasteiger partial charge is 1.00 e. The topological polar surface area (TPSA) is 187 Å². The fourth-order valence-corrected chi connectivity index (χ4v) is 3.92. The maximum Gasteiger partial charge on any atom is 1.00 e. The molecule has 0 aromatic heterocycles. The van der Waals surface area contributed by atoms with Crippen LogP contribution in [-0.4, -0.2) is 47.1 Å². The summed E-state index contributed by atoms with van der Waals surface area (Å²) < 4.78 is 15.9. The second-order valence-corrected chi connectivity index (χ2v) is 9.04. The van der Waals surface area contributed by atoms with E-state index in [0.717, 1.165) is 0 Å². The molecule has 0 bridgehead atoms. The molecule has 0 aliphatic carbocycles. The van der Waals surface area contributed by atoms with Gasteiger partial charge in [-0.1, -0.05) is 91.0 Å². The number of benzene rings is 3. The average molecular weight is 599 g/mol. The van der Waals surface area contributed by atoms with Crippen LogP contribution in [0.3, 0.4) is 0 Å². The Labute approximate surface area is 270 Å². The molecule has 43 heavy (non-hydrogen) atoms. The van der Waals surface area contributed by atoms with Crippen molar-refractivity contribution in [3.8, 4) is 0 Å². The van der Waals surface area contributed by atoms with E-state index in [2.05, 4.69) is 4.99 Å². The number of carboxylic acids is 1. The van der Waals surface area contributed by atoms with E-state index >= 15 is 0 Å². The van der Waals surface area contributed by atoms with Crippen molar-refractivity contribution in [3.05, 3.63) is 108 Å². The summed E-state index contributed by atoms with van der Waals surface area (Å²) in [5.41, 5.74) is 9.36. The predicted molar refractivity (Wildman–Crippen MR) is 149 cm³/mol. The van der Waals surface area contributed by atoms with Gasteiger partial charge in [0.2, 0.25) is 0 Å². The number of carbonyl (C=O) groups is 4. The third kappa shape index (κ3) is 10.1. The normalized spacial score (nSPS) is 11.5. The summed E-state index contributed by atoms with van der Waals surface area (Å²) in [4.78, 5) is 57.3. The monoisotopic (exact) mass is 598 g/mol. The third-order valence-electron chi connectivity index (χ3n) is 6.04. The number of ether oxygens (including phenoxy) is 3. The molecule has 0 aliphatic rings. The smallest absolute Gasteiger partial charge is 0.547 e. The summed E-state index contributed by atoms with van der Waals surface area (Å²) in [6, 6.07) is 25.3. The molecule has 0 saturated heterocycles. The Morgan fingerprint density at radius 2 is 1.09 bits per heavy atom. The number of aliphatic imine (C=N–C) groups is 1.